The summed E-state index contributed by atoms with van der Waals surface area (Å²) in [5, 5.41) is 2.64. The summed E-state index contributed by atoms with van der Waals surface area (Å²) in [6.07, 6.45) is 1.67. The topological polar surface area (TPSA) is 88.3 Å². The highest BCUT2D eigenvalue weighted by Gasteiger charge is 2.13. The molecule has 0 saturated heterocycles. The highest BCUT2D eigenvalue weighted by Crippen LogP contribution is 2.03. The second-order valence-corrected chi connectivity index (χ2v) is 3.96. The lowest BCUT2D eigenvalue weighted by Crippen LogP contribution is -2.38. The van der Waals surface area contributed by atoms with Gasteiger partial charge in [0.05, 0.1) is 24.8 Å². The van der Waals surface area contributed by atoms with Gasteiger partial charge in [-0.2, -0.15) is 0 Å². The number of hydrogen-bond donors (Lipinski definition) is 2. The highest BCUT2D eigenvalue weighted by molar-refractivity contribution is 5.85. The smallest absolute Gasteiger partial charge is 0.239 e. The van der Waals surface area contributed by atoms with Gasteiger partial charge in [0.2, 0.25) is 11.8 Å². The van der Waals surface area contributed by atoms with Crippen molar-refractivity contribution in [3.63, 3.8) is 0 Å². The van der Waals surface area contributed by atoms with Gasteiger partial charge in [-0.15, -0.1) is 0 Å². The normalized spacial score (nSPS) is 9.89. The van der Waals surface area contributed by atoms with Gasteiger partial charge in [0, 0.05) is 19.3 Å². The van der Waals surface area contributed by atoms with Crippen LogP contribution in [0.25, 0.3) is 0 Å². The zero-order valence-corrected chi connectivity index (χ0v) is 10.6. The second kappa shape index (κ2) is 6.58. The Balaban J connectivity index is 2.49. The van der Waals surface area contributed by atoms with Gasteiger partial charge in [-0.25, -0.2) is 0 Å². The van der Waals surface area contributed by atoms with Crippen molar-refractivity contribution in [3.05, 3.63) is 24.0 Å². The van der Waals surface area contributed by atoms with Gasteiger partial charge >= 0.3 is 0 Å². The number of likely N-dealkylation sites (N-methyl/N-ethyl adjacent to an activating group) is 2. The number of carbonyl (C=O) groups is 2. The van der Waals surface area contributed by atoms with E-state index in [9.17, 15) is 9.59 Å². The van der Waals surface area contributed by atoms with Crippen LogP contribution in [0.3, 0.4) is 0 Å². The summed E-state index contributed by atoms with van der Waals surface area (Å²) in [6.45, 7) is 2.44. The number of rotatable bonds is 5. The largest absolute Gasteiger partial charge is 0.397 e. The average molecular weight is 250 g/mol. The van der Waals surface area contributed by atoms with Crippen molar-refractivity contribution in [1.82, 2.24) is 15.2 Å². The minimum Gasteiger partial charge on any atom is -0.397 e. The first-order valence-corrected chi connectivity index (χ1v) is 5.74. The van der Waals surface area contributed by atoms with Gasteiger partial charge in [0.1, 0.15) is 0 Å². The van der Waals surface area contributed by atoms with Gasteiger partial charge in [0.15, 0.2) is 0 Å². The van der Waals surface area contributed by atoms with Crippen molar-refractivity contribution in [2.24, 2.45) is 0 Å². The molecule has 0 spiro atoms. The monoisotopic (exact) mass is 250 g/mol. The number of pyridine rings is 1. The standard InChI is InChI=1S/C12H18N4O2/c1-3-14-11(17)8-16(2)12(18)6-10-5-4-9(13)7-15-10/h4-5,7H,3,6,8,13H2,1-2H3,(H,14,17). The molecule has 0 aliphatic heterocycles. The van der Waals surface area contributed by atoms with Crippen molar-refractivity contribution < 1.29 is 9.59 Å². The van der Waals surface area contributed by atoms with E-state index in [0.717, 1.165) is 0 Å². The molecule has 0 atom stereocenters. The van der Waals surface area contributed by atoms with Crippen molar-refractivity contribution in [2.45, 2.75) is 13.3 Å². The Morgan fingerprint density at radius 2 is 2.17 bits per heavy atom. The van der Waals surface area contributed by atoms with E-state index < -0.39 is 0 Å². The summed E-state index contributed by atoms with van der Waals surface area (Å²) in [5.41, 5.74) is 6.70. The minimum atomic E-state index is -0.168. The average Bonchev–Trinajstić information content (AvgIpc) is 2.32. The van der Waals surface area contributed by atoms with E-state index in [1.54, 1.807) is 19.2 Å². The van der Waals surface area contributed by atoms with E-state index in [0.29, 0.717) is 17.9 Å². The third-order valence-corrected chi connectivity index (χ3v) is 2.36. The Hall–Kier alpha value is -2.11. The summed E-state index contributed by atoms with van der Waals surface area (Å²) in [4.78, 5) is 28.6. The first-order chi connectivity index (χ1) is 8.52. The van der Waals surface area contributed by atoms with Crippen LogP contribution in [0.15, 0.2) is 18.3 Å². The zero-order chi connectivity index (χ0) is 13.5. The molecule has 6 heteroatoms. The molecule has 0 aliphatic carbocycles. The molecule has 0 aliphatic rings. The Morgan fingerprint density at radius 1 is 1.44 bits per heavy atom. The van der Waals surface area contributed by atoms with Crippen LogP contribution in [0.4, 0.5) is 5.69 Å². The summed E-state index contributed by atoms with van der Waals surface area (Å²) in [6, 6.07) is 3.40. The van der Waals surface area contributed by atoms with E-state index in [-0.39, 0.29) is 24.8 Å². The maximum atomic E-state index is 11.8. The van der Waals surface area contributed by atoms with Crippen molar-refractivity contribution in [3.8, 4) is 0 Å². The van der Waals surface area contributed by atoms with Crippen molar-refractivity contribution in [2.75, 3.05) is 25.9 Å². The number of aromatic nitrogens is 1. The van der Waals surface area contributed by atoms with Gasteiger partial charge in [0.25, 0.3) is 0 Å². The Morgan fingerprint density at radius 3 is 2.72 bits per heavy atom. The first kappa shape index (κ1) is 14.0. The van der Waals surface area contributed by atoms with E-state index in [1.807, 2.05) is 6.92 Å². The minimum absolute atomic E-state index is 0.0572. The van der Waals surface area contributed by atoms with Gasteiger partial charge < -0.3 is 16.0 Å². The van der Waals surface area contributed by atoms with Crippen LogP contribution >= 0.6 is 0 Å². The van der Waals surface area contributed by atoms with Crippen molar-refractivity contribution in [1.29, 1.82) is 0 Å². The molecule has 0 bridgehead atoms. The molecule has 2 amide bonds. The third kappa shape index (κ3) is 4.40. The van der Waals surface area contributed by atoms with E-state index in [2.05, 4.69) is 10.3 Å². The van der Waals surface area contributed by atoms with Crippen LogP contribution < -0.4 is 11.1 Å². The van der Waals surface area contributed by atoms with Gasteiger partial charge in [-0.1, -0.05) is 0 Å². The summed E-state index contributed by atoms with van der Waals surface area (Å²) < 4.78 is 0. The Kier molecular flexibility index (Phi) is 5.10. The number of nitrogens with one attached hydrogen (secondary N) is 1. The molecule has 3 N–H and O–H groups in total. The number of nitrogens with zero attached hydrogens (tertiary/aromatic N) is 2. The number of amides is 2. The fraction of sp³-hybridized carbons (Fsp3) is 0.417. The predicted octanol–water partition coefficient (Wildman–Crippen LogP) is -0.199. The van der Waals surface area contributed by atoms with E-state index in [1.165, 1.54) is 11.1 Å². The molecular formula is C12H18N4O2. The molecule has 0 unspecified atom stereocenters. The maximum Gasteiger partial charge on any atom is 0.239 e. The molecule has 0 aromatic carbocycles. The predicted molar refractivity (Wildman–Crippen MR) is 68.7 cm³/mol. The lowest BCUT2D eigenvalue weighted by molar-refractivity contribution is -0.134. The number of carbonyl (C=O) groups excluding carboxylic acids is 2. The SMILES string of the molecule is CCNC(=O)CN(C)C(=O)Cc1ccc(N)cn1. The number of nitrogen functional groups attached to an aromatic ring is 1. The molecule has 18 heavy (non-hydrogen) atoms. The maximum absolute atomic E-state index is 11.8. The van der Waals surface area contributed by atoms with Crippen LogP contribution in [0.2, 0.25) is 0 Å². The molecule has 1 heterocycles. The van der Waals surface area contributed by atoms with Gasteiger partial charge in [-0.05, 0) is 19.1 Å². The number of hydrogen-bond acceptors (Lipinski definition) is 4. The van der Waals surface area contributed by atoms with E-state index >= 15 is 0 Å². The highest BCUT2D eigenvalue weighted by atomic mass is 16.2. The molecule has 98 valence electrons. The third-order valence-electron chi connectivity index (χ3n) is 2.36. The lowest BCUT2D eigenvalue weighted by Gasteiger charge is -2.16. The fourth-order valence-corrected chi connectivity index (χ4v) is 1.39. The number of anilines is 1. The molecule has 6 nitrogen and oxygen atoms in total. The fourth-order valence-electron chi connectivity index (χ4n) is 1.39. The molecule has 1 rings (SSSR count). The van der Waals surface area contributed by atoms with Crippen LogP contribution in [0.5, 0.6) is 0 Å². The quantitative estimate of drug-likeness (QED) is 0.757. The second-order valence-electron chi connectivity index (χ2n) is 3.96. The summed E-state index contributed by atoms with van der Waals surface area (Å²) >= 11 is 0. The molecular weight excluding hydrogens is 232 g/mol. The van der Waals surface area contributed by atoms with Crippen LogP contribution in [0, 0.1) is 0 Å². The Bertz CT molecular complexity index is 417. The molecule has 1 aromatic rings. The summed E-state index contributed by atoms with van der Waals surface area (Å²) in [5.74, 6) is -0.322. The van der Waals surface area contributed by atoms with E-state index in [4.69, 9.17) is 5.73 Å². The van der Waals surface area contributed by atoms with Crippen molar-refractivity contribution >= 4 is 17.5 Å². The Labute approximate surface area is 106 Å². The zero-order valence-electron chi connectivity index (χ0n) is 10.6. The molecule has 1 aromatic heterocycles. The lowest BCUT2D eigenvalue weighted by atomic mass is 10.2. The van der Waals surface area contributed by atoms with Gasteiger partial charge in [-0.3, -0.25) is 14.6 Å². The molecule has 0 saturated carbocycles. The summed E-state index contributed by atoms with van der Waals surface area (Å²) in [7, 11) is 1.59. The molecule has 0 fully saturated rings. The van der Waals surface area contributed by atoms with Crippen LogP contribution in [0.1, 0.15) is 12.6 Å². The van der Waals surface area contributed by atoms with Crippen LogP contribution in [-0.2, 0) is 16.0 Å². The van der Waals surface area contributed by atoms with Crippen LogP contribution in [-0.4, -0.2) is 41.8 Å². The molecule has 0 radical (unpaired) electrons. The first-order valence-electron chi connectivity index (χ1n) is 5.74. The number of nitrogens with two attached hydrogens (primary N) is 1.